The van der Waals surface area contributed by atoms with Gasteiger partial charge in [0.25, 0.3) is 0 Å². The number of para-hydroxylation sites is 1. The van der Waals surface area contributed by atoms with Gasteiger partial charge in [-0.3, -0.25) is 9.59 Å². The molecule has 33 heavy (non-hydrogen) atoms. The molecule has 5 rings (SSSR count). The Morgan fingerprint density at radius 3 is 2.48 bits per heavy atom. The zero-order chi connectivity index (χ0) is 23.5. The van der Waals surface area contributed by atoms with E-state index in [1.807, 2.05) is 31.2 Å². The highest BCUT2D eigenvalue weighted by atomic mass is 32.2. The molecule has 2 aromatic rings. The highest BCUT2D eigenvalue weighted by Gasteiger charge is 2.46. The molecular weight excluding hydrogens is 438 g/mol. The van der Waals surface area contributed by atoms with Crippen molar-refractivity contribution < 1.29 is 18.0 Å². The minimum absolute atomic E-state index is 0.0214. The van der Waals surface area contributed by atoms with Crippen molar-refractivity contribution >= 4 is 33.2 Å². The Labute approximate surface area is 195 Å². The monoisotopic (exact) mass is 467 g/mol. The maximum absolute atomic E-state index is 13.4. The number of hydrogen-bond donors (Lipinski definition) is 0. The van der Waals surface area contributed by atoms with Crippen molar-refractivity contribution in [2.75, 3.05) is 29.4 Å². The quantitative estimate of drug-likeness (QED) is 0.692. The Bertz CT molecular complexity index is 1250. The molecule has 3 aliphatic heterocycles. The molecule has 2 aromatic carbocycles. The molecule has 3 heterocycles. The third-order valence-electron chi connectivity index (χ3n) is 7.18. The van der Waals surface area contributed by atoms with Gasteiger partial charge in [0.1, 0.15) is 6.54 Å². The highest BCUT2D eigenvalue weighted by Crippen LogP contribution is 2.43. The summed E-state index contributed by atoms with van der Waals surface area (Å²) in [5.41, 5.74) is 2.37. The Kier molecular flexibility index (Phi) is 5.14. The maximum Gasteiger partial charge on any atom is 0.247 e. The standard InChI is InChI=1S/C25H29N3O4S/c1-17-14-18-8-4-5-9-21(18)28(17)23(29)16-27-22-11-10-19(15-20(22)25(2,3)24(27)30)33(31,32)26-12-6-7-13-26/h4-5,8-11,15,17H,6-7,12-14,16H2,1-3H3. The number of hydrogen-bond acceptors (Lipinski definition) is 4. The molecule has 2 amide bonds. The third kappa shape index (κ3) is 3.38. The molecule has 0 aliphatic carbocycles. The minimum Gasteiger partial charge on any atom is -0.307 e. The van der Waals surface area contributed by atoms with Gasteiger partial charge in [-0.25, -0.2) is 8.42 Å². The Hall–Kier alpha value is -2.71. The van der Waals surface area contributed by atoms with Gasteiger partial charge in [-0.1, -0.05) is 18.2 Å². The third-order valence-corrected chi connectivity index (χ3v) is 9.08. The number of fused-ring (bicyclic) bond motifs is 2. The molecule has 0 aromatic heterocycles. The molecule has 3 aliphatic rings. The zero-order valence-electron chi connectivity index (χ0n) is 19.2. The van der Waals surface area contributed by atoms with Crippen molar-refractivity contribution in [2.24, 2.45) is 0 Å². The fourth-order valence-electron chi connectivity index (χ4n) is 5.37. The molecule has 0 saturated carbocycles. The van der Waals surface area contributed by atoms with E-state index in [4.69, 9.17) is 0 Å². The molecule has 0 N–H and O–H groups in total. The van der Waals surface area contributed by atoms with Gasteiger partial charge in [-0.2, -0.15) is 4.31 Å². The molecule has 0 spiro atoms. The molecule has 1 unspecified atom stereocenters. The van der Waals surface area contributed by atoms with E-state index in [-0.39, 0.29) is 29.3 Å². The summed E-state index contributed by atoms with van der Waals surface area (Å²) in [7, 11) is -3.59. The maximum atomic E-state index is 13.4. The number of rotatable bonds is 4. The smallest absolute Gasteiger partial charge is 0.247 e. The van der Waals surface area contributed by atoms with Crippen LogP contribution in [0.1, 0.15) is 44.7 Å². The summed E-state index contributed by atoms with van der Waals surface area (Å²) in [5.74, 6) is -0.333. The van der Waals surface area contributed by atoms with E-state index in [0.29, 0.717) is 24.3 Å². The first-order valence-corrected chi connectivity index (χ1v) is 12.9. The predicted molar refractivity (Wildman–Crippen MR) is 127 cm³/mol. The molecule has 7 nitrogen and oxygen atoms in total. The summed E-state index contributed by atoms with van der Waals surface area (Å²) in [4.78, 5) is 30.2. The number of amides is 2. The van der Waals surface area contributed by atoms with Crippen LogP contribution in [0.15, 0.2) is 47.4 Å². The molecule has 1 atom stereocenters. The summed E-state index contributed by atoms with van der Waals surface area (Å²) >= 11 is 0. The normalized spacial score (nSPS) is 22.0. The van der Waals surface area contributed by atoms with Crippen LogP contribution in [-0.2, 0) is 31.4 Å². The Balaban J connectivity index is 1.47. The second kappa shape index (κ2) is 7.67. The van der Waals surface area contributed by atoms with Crippen molar-refractivity contribution in [2.45, 2.75) is 56.4 Å². The Morgan fingerprint density at radius 2 is 1.76 bits per heavy atom. The van der Waals surface area contributed by atoms with E-state index in [2.05, 4.69) is 0 Å². The lowest BCUT2D eigenvalue weighted by Crippen LogP contribution is -2.46. The van der Waals surface area contributed by atoms with Crippen molar-refractivity contribution in [3.63, 3.8) is 0 Å². The fourth-order valence-corrected chi connectivity index (χ4v) is 6.91. The summed E-state index contributed by atoms with van der Waals surface area (Å²) < 4.78 is 27.7. The first-order chi connectivity index (χ1) is 15.6. The van der Waals surface area contributed by atoms with Gasteiger partial charge in [-0.05, 0) is 75.4 Å². The molecule has 1 fully saturated rings. The predicted octanol–water partition coefficient (Wildman–Crippen LogP) is 3.07. The van der Waals surface area contributed by atoms with Crippen molar-refractivity contribution in [1.29, 1.82) is 0 Å². The molecule has 0 bridgehead atoms. The van der Waals surface area contributed by atoms with Gasteiger partial charge in [0.15, 0.2) is 0 Å². The molecule has 0 radical (unpaired) electrons. The molecule has 1 saturated heterocycles. The van der Waals surface area contributed by atoms with Crippen LogP contribution in [0.4, 0.5) is 11.4 Å². The van der Waals surface area contributed by atoms with Crippen LogP contribution >= 0.6 is 0 Å². The second-order valence-electron chi connectivity index (χ2n) is 9.75. The number of carbonyl (C=O) groups is 2. The summed E-state index contributed by atoms with van der Waals surface area (Å²) in [6.45, 7) is 6.57. The van der Waals surface area contributed by atoms with E-state index in [1.165, 1.54) is 9.21 Å². The largest absolute Gasteiger partial charge is 0.307 e. The first-order valence-electron chi connectivity index (χ1n) is 11.5. The second-order valence-corrected chi connectivity index (χ2v) is 11.7. The van der Waals surface area contributed by atoms with Gasteiger partial charge < -0.3 is 9.80 Å². The van der Waals surface area contributed by atoms with E-state index >= 15 is 0 Å². The minimum atomic E-state index is -3.59. The van der Waals surface area contributed by atoms with Crippen molar-refractivity contribution in [3.8, 4) is 0 Å². The van der Waals surface area contributed by atoms with Gasteiger partial charge in [0.05, 0.1) is 10.3 Å². The number of nitrogens with zero attached hydrogens (tertiary/aromatic N) is 3. The zero-order valence-corrected chi connectivity index (χ0v) is 20.1. The van der Waals surface area contributed by atoms with E-state index < -0.39 is 15.4 Å². The number of carbonyl (C=O) groups excluding carboxylic acids is 2. The molecule has 8 heteroatoms. The summed E-state index contributed by atoms with van der Waals surface area (Å²) in [6.07, 6.45) is 2.51. The molecular formula is C25H29N3O4S. The fraction of sp³-hybridized carbons (Fsp3) is 0.440. The van der Waals surface area contributed by atoms with Crippen molar-refractivity contribution in [3.05, 3.63) is 53.6 Å². The van der Waals surface area contributed by atoms with Crippen molar-refractivity contribution in [1.82, 2.24) is 4.31 Å². The first kappa shape index (κ1) is 22.1. The van der Waals surface area contributed by atoms with Crippen LogP contribution in [0, 0.1) is 0 Å². The number of benzene rings is 2. The number of sulfonamides is 1. The lowest BCUT2D eigenvalue weighted by molar-refractivity contribution is -0.124. The van der Waals surface area contributed by atoms with E-state index in [0.717, 1.165) is 30.5 Å². The van der Waals surface area contributed by atoms with E-state index in [1.54, 1.807) is 36.9 Å². The van der Waals surface area contributed by atoms with Gasteiger partial charge in [-0.15, -0.1) is 0 Å². The van der Waals surface area contributed by atoms with E-state index in [9.17, 15) is 18.0 Å². The lowest BCUT2D eigenvalue weighted by Gasteiger charge is -2.26. The van der Waals surface area contributed by atoms with Crippen LogP contribution in [0.3, 0.4) is 0 Å². The molecule has 174 valence electrons. The van der Waals surface area contributed by atoms with Crippen LogP contribution in [0.5, 0.6) is 0 Å². The van der Waals surface area contributed by atoms with Gasteiger partial charge in [0.2, 0.25) is 21.8 Å². The topological polar surface area (TPSA) is 78.0 Å². The van der Waals surface area contributed by atoms with Crippen LogP contribution in [0.25, 0.3) is 0 Å². The van der Waals surface area contributed by atoms with Crippen LogP contribution < -0.4 is 9.80 Å². The van der Waals surface area contributed by atoms with Gasteiger partial charge in [0, 0.05) is 30.5 Å². The van der Waals surface area contributed by atoms with Crippen LogP contribution in [0.2, 0.25) is 0 Å². The van der Waals surface area contributed by atoms with Crippen LogP contribution in [-0.4, -0.2) is 50.2 Å². The Morgan fingerprint density at radius 1 is 1.06 bits per heavy atom. The summed E-state index contributed by atoms with van der Waals surface area (Å²) in [5, 5.41) is 0. The number of anilines is 2. The highest BCUT2D eigenvalue weighted by molar-refractivity contribution is 7.89. The average molecular weight is 468 g/mol. The SMILES string of the molecule is CC1Cc2ccccc2N1C(=O)CN1C(=O)C(C)(C)c2cc(S(=O)(=O)N3CCCC3)ccc21. The average Bonchev–Trinajstić information content (AvgIpc) is 3.47. The lowest BCUT2D eigenvalue weighted by atomic mass is 9.86. The van der Waals surface area contributed by atoms with Gasteiger partial charge >= 0.3 is 0 Å². The summed E-state index contributed by atoms with van der Waals surface area (Å²) in [6, 6.07) is 12.7.